The molecule has 0 radical (unpaired) electrons. The first-order valence-electron chi connectivity index (χ1n) is 7.68. The van der Waals surface area contributed by atoms with E-state index in [4.69, 9.17) is 4.74 Å². The highest BCUT2D eigenvalue weighted by molar-refractivity contribution is 7.99. The molecule has 0 aromatic carbocycles. The fourth-order valence-electron chi connectivity index (χ4n) is 3.12. The highest BCUT2D eigenvalue weighted by atomic mass is 32.2. The molecule has 19 heavy (non-hydrogen) atoms. The van der Waals surface area contributed by atoms with Crippen molar-refractivity contribution in [1.82, 2.24) is 10.2 Å². The molecule has 1 N–H and O–H groups in total. The Morgan fingerprint density at radius 2 is 2.32 bits per heavy atom. The molecule has 2 saturated heterocycles. The monoisotopic (exact) mass is 286 g/mol. The Balaban J connectivity index is 1.83. The smallest absolute Gasteiger partial charge is 0.0547 e. The molecule has 2 unspecified atom stereocenters. The third-order valence-corrected chi connectivity index (χ3v) is 5.50. The van der Waals surface area contributed by atoms with Crippen LogP contribution in [0.4, 0.5) is 0 Å². The van der Waals surface area contributed by atoms with Gasteiger partial charge < -0.3 is 15.0 Å². The molecule has 2 heterocycles. The fraction of sp³-hybridized carbons (Fsp3) is 1.00. The van der Waals surface area contributed by atoms with Crippen molar-refractivity contribution in [2.45, 2.75) is 32.7 Å². The quantitative estimate of drug-likeness (QED) is 0.774. The van der Waals surface area contributed by atoms with Gasteiger partial charge in [-0.15, -0.1) is 0 Å². The summed E-state index contributed by atoms with van der Waals surface area (Å²) in [5.41, 5.74) is 0.344. The van der Waals surface area contributed by atoms with E-state index in [0.717, 1.165) is 38.3 Å². The maximum absolute atomic E-state index is 5.71. The van der Waals surface area contributed by atoms with E-state index in [2.05, 4.69) is 42.9 Å². The summed E-state index contributed by atoms with van der Waals surface area (Å²) in [5, 5.41) is 3.65. The largest absolute Gasteiger partial charge is 0.381 e. The van der Waals surface area contributed by atoms with Gasteiger partial charge in [-0.1, -0.05) is 13.8 Å². The van der Waals surface area contributed by atoms with Crippen LogP contribution in [0.2, 0.25) is 0 Å². The summed E-state index contributed by atoms with van der Waals surface area (Å²) in [4.78, 5) is 2.59. The third-order valence-electron chi connectivity index (χ3n) is 4.35. The molecule has 0 aliphatic carbocycles. The van der Waals surface area contributed by atoms with Crippen molar-refractivity contribution >= 4 is 11.8 Å². The van der Waals surface area contributed by atoms with Gasteiger partial charge in [-0.2, -0.15) is 11.8 Å². The summed E-state index contributed by atoms with van der Waals surface area (Å²) in [6.45, 7) is 9.82. The predicted molar refractivity (Wildman–Crippen MR) is 83.9 cm³/mol. The minimum Gasteiger partial charge on any atom is -0.381 e. The Kier molecular flexibility index (Phi) is 6.00. The number of ether oxygens (including phenoxy) is 1. The number of nitrogens with one attached hydrogen (secondary N) is 1. The molecule has 4 heteroatoms. The molecule has 0 bridgehead atoms. The second-order valence-electron chi connectivity index (χ2n) is 6.76. The van der Waals surface area contributed by atoms with Crippen LogP contribution in [0.1, 0.15) is 26.7 Å². The van der Waals surface area contributed by atoms with Gasteiger partial charge in [0.2, 0.25) is 0 Å². The number of nitrogens with zero attached hydrogens (tertiary/aromatic N) is 1. The Labute approximate surface area is 122 Å². The first kappa shape index (κ1) is 15.6. The van der Waals surface area contributed by atoms with E-state index in [1.165, 1.54) is 30.9 Å². The van der Waals surface area contributed by atoms with Crippen LogP contribution < -0.4 is 5.32 Å². The van der Waals surface area contributed by atoms with Crippen LogP contribution in [0.5, 0.6) is 0 Å². The van der Waals surface area contributed by atoms with Gasteiger partial charge >= 0.3 is 0 Å². The van der Waals surface area contributed by atoms with Crippen LogP contribution in [-0.2, 0) is 4.74 Å². The standard InChI is InChI=1S/C15H30N2OS/c1-13(2)8-16-10-15(5-6-18-12-15)11-17(3)14-4-7-19-9-14/h13-14,16H,4-12H2,1-3H3. The lowest BCUT2D eigenvalue weighted by molar-refractivity contribution is 0.105. The number of rotatable bonds is 7. The van der Waals surface area contributed by atoms with Gasteiger partial charge in [0.15, 0.2) is 0 Å². The first-order chi connectivity index (χ1) is 9.11. The minimum atomic E-state index is 0.344. The van der Waals surface area contributed by atoms with Crippen molar-refractivity contribution in [3.63, 3.8) is 0 Å². The van der Waals surface area contributed by atoms with Crippen molar-refractivity contribution in [3.8, 4) is 0 Å². The van der Waals surface area contributed by atoms with Crippen LogP contribution in [0.3, 0.4) is 0 Å². The molecular formula is C15H30N2OS. The molecule has 0 aromatic heterocycles. The Morgan fingerprint density at radius 3 is 2.89 bits per heavy atom. The molecule has 112 valence electrons. The molecule has 0 saturated carbocycles. The average molecular weight is 286 g/mol. The van der Waals surface area contributed by atoms with Crippen molar-refractivity contribution in [3.05, 3.63) is 0 Å². The van der Waals surface area contributed by atoms with Crippen molar-refractivity contribution in [2.24, 2.45) is 11.3 Å². The van der Waals surface area contributed by atoms with E-state index in [9.17, 15) is 0 Å². The lowest BCUT2D eigenvalue weighted by Crippen LogP contribution is -2.47. The summed E-state index contributed by atoms with van der Waals surface area (Å²) in [5.74, 6) is 3.38. The summed E-state index contributed by atoms with van der Waals surface area (Å²) in [6.07, 6.45) is 2.57. The van der Waals surface area contributed by atoms with E-state index in [0.29, 0.717) is 5.41 Å². The Bertz CT molecular complexity index is 261. The van der Waals surface area contributed by atoms with Gasteiger partial charge in [0.1, 0.15) is 0 Å². The molecule has 2 rings (SSSR count). The number of thioether (sulfide) groups is 1. The predicted octanol–water partition coefficient (Wildman–Crippen LogP) is 2.08. The second-order valence-corrected chi connectivity index (χ2v) is 7.91. The average Bonchev–Trinajstić information content (AvgIpc) is 2.99. The normalized spacial score (nSPS) is 31.7. The van der Waals surface area contributed by atoms with Crippen LogP contribution in [0.25, 0.3) is 0 Å². The maximum Gasteiger partial charge on any atom is 0.0547 e. The zero-order chi connectivity index (χ0) is 13.7. The van der Waals surface area contributed by atoms with Gasteiger partial charge in [-0.3, -0.25) is 0 Å². The van der Waals surface area contributed by atoms with Gasteiger partial charge in [0.25, 0.3) is 0 Å². The molecule has 3 nitrogen and oxygen atoms in total. The highest BCUT2D eigenvalue weighted by Gasteiger charge is 2.37. The lowest BCUT2D eigenvalue weighted by Gasteiger charge is -2.35. The van der Waals surface area contributed by atoms with Crippen LogP contribution in [-0.4, -0.2) is 62.3 Å². The molecular weight excluding hydrogens is 256 g/mol. The molecule has 2 fully saturated rings. The maximum atomic E-state index is 5.71. The summed E-state index contributed by atoms with van der Waals surface area (Å²) in [7, 11) is 2.30. The van der Waals surface area contributed by atoms with E-state index >= 15 is 0 Å². The Hall–Kier alpha value is 0.230. The van der Waals surface area contributed by atoms with Crippen LogP contribution in [0, 0.1) is 11.3 Å². The molecule has 0 spiro atoms. The summed E-state index contributed by atoms with van der Waals surface area (Å²) in [6, 6.07) is 0.785. The molecule has 2 aliphatic rings. The SMILES string of the molecule is CC(C)CNCC1(CN(C)C2CCSC2)CCOC1. The summed E-state index contributed by atoms with van der Waals surface area (Å²) >= 11 is 2.10. The van der Waals surface area contributed by atoms with E-state index in [1.807, 2.05) is 0 Å². The lowest BCUT2D eigenvalue weighted by atomic mass is 9.86. The van der Waals surface area contributed by atoms with E-state index < -0.39 is 0 Å². The zero-order valence-electron chi connectivity index (χ0n) is 12.8. The first-order valence-corrected chi connectivity index (χ1v) is 8.83. The minimum absolute atomic E-state index is 0.344. The molecule has 2 aliphatic heterocycles. The van der Waals surface area contributed by atoms with Crippen molar-refractivity contribution < 1.29 is 4.74 Å². The number of hydrogen-bond donors (Lipinski definition) is 1. The highest BCUT2D eigenvalue weighted by Crippen LogP contribution is 2.31. The van der Waals surface area contributed by atoms with Gasteiger partial charge in [0, 0.05) is 36.9 Å². The van der Waals surface area contributed by atoms with E-state index in [1.54, 1.807) is 0 Å². The molecule has 0 amide bonds. The topological polar surface area (TPSA) is 24.5 Å². The van der Waals surface area contributed by atoms with Crippen molar-refractivity contribution in [2.75, 3.05) is 51.4 Å². The van der Waals surface area contributed by atoms with Gasteiger partial charge in [-0.05, 0) is 38.1 Å². The van der Waals surface area contributed by atoms with Crippen molar-refractivity contribution in [1.29, 1.82) is 0 Å². The van der Waals surface area contributed by atoms with Crippen LogP contribution in [0.15, 0.2) is 0 Å². The van der Waals surface area contributed by atoms with Crippen LogP contribution >= 0.6 is 11.8 Å². The second kappa shape index (κ2) is 7.30. The van der Waals surface area contributed by atoms with E-state index in [-0.39, 0.29) is 0 Å². The summed E-state index contributed by atoms with van der Waals surface area (Å²) < 4.78 is 5.71. The van der Waals surface area contributed by atoms with Gasteiger partial charge in [-0.25, -0.2) is 0 Å². The molecule has 0 aromatic rings. The van der Waals surface area contributed by atoms with Gasteiger partial charge in [0.05, 0.1) is 6.61 Å². The molecule has 2 atom stereocenters. The third kappa shape index (κ3) is 4.62. The Morgan fingerprint density at radius 1 is 1.47 bits per heavy atom. The number of hydrogen-bond acceptors (Lipinski definition) is 4. The zero-order valence-corrected chi connectivity index (χ0v) is 13.6. The fourth-order valence-corrected chi connectivity index (χ4v) is 4.42.